The molecule has 4 N–H and O–H groups in total. The van der Waals surface area contributed by atoms with Crippen LogP contribution in [0.5, 0.6) is 0 Å². The molecule has 152 valence electrons. The maximum Gasteiger partial charge on any atom is 0.411 e. The highest BCUT2D eigenvalue weighted by atomic mass is 16.6. The normalized spacial score (nSPS) is 9.50. The first-order chi connectivity index (χ1) is 13.3. The fourth-order valence-corrected chi connectivity index (χ4v) is 1.62. The van der Waals surface area contributed by atoms with E-state index in [2.05, 4.69) is 37.3 Å². The molecule has 0 saturated carbocycles. The van der Waals surface area contributed by atoms with Crippen molar-refractivity contribution < 1.29 is 33.4 Å². The van der Waals surface area contributed by atoms with Crippen LogP contribution in [0.25, 0.3) is 0 Å². The largest absolute Gasteiger partial charge is 0.453 e. The molecular weight excluding hydrogens is 372 g/mol. The van der Waals surface area contributed by atoms with Gasteiger partial charge in [0.2, 0.25) is 0 Å². The number of benzene rings is 1. The second kappa shape index (κ2) is 11.8. The molecule has 0 fully saturated rings. The molecule has 0 aliphatic rings. The SMILES string of the molecule is C=C(C)C(=O)OCNC(=O)NCOC(=O)NCc1ccc(NC(=O)OC)cc1. The topological polar surface area (TPSA) is 144 Å². The first-order valence-electron chi connectivity index (χ1n) is 8.00. The number of ether oxygens (including phenoxy) is 3. The van der Waals surface area contributed by atoms with Crippen LogP contribution >= 0.6 is 0 Å². The molecule has 11 nitrogen and oxygen atoms in total. The lowest BCUT2D eigenvalue weighted by Crippen LogP contribution is -2.40. The van der Waals surface area contributed by atoms with E-state index in [4.69, 9.17) is 4.74 Å². The third kappa shape index (κ3) is 9.08. The van der Waals surface area contributed by atoms with Crippen LogP contribution in [-0.2, 0) is 25.5 Å². The average molecular weight is 394 g/mol. The van der Waals surface area contributed by atoms with Gasteiger partial charge in [0.25, 0.3) is 0 Å². The highest BCUT2D eigenvalue weighted by Crippen LogP contribution is 2.09. The number of carbonyl (C=O) groups excluding carboxylic acids is 4. The molecule has 0 aliphatic carbocycles. The minimum absolute atomic E-state index is 0.181. The number of nitrogens with one attached hydrogen (secondary N) is 4. The van der Waals surface area contributed by atoms with E-state index in [0.29, 0.717) is 5.69 Å². The van der Waals surface area contributed by atoms with Crippen molar-refractivity contribution in [1.29, 1.82) is 0 Å². The van der Waals surface area contributed by atoms with Gasteiger partial charge in [-0.25, -0.2) is 19.2 Å². The van der Waals surface area contributed by atoms with E-state index >= 15 is 0 Å². The van der Waals surface area contributed by atoms with Gasteiger partial charge in [-0.2, -0.15) is 0 Å². The summed E-state index contributed by atoms with van der Waals surface area (Å²) in [6.45, 7) is 4.32. The third-order valence-corrected chi connectivity index (χ3v) is 3.04. The van der Waals surface area contributed by atoms with Crippen molar-refractivity contribution >= 4 is 29.9 Å². The third-order valence-electron chi connectivity index (χ3n) is 3.04. The van der Waals surface area contributed by atoms with Crippen LogP contribution in [0.2, 0.25) is 0 Å². The van der Waals surface area contributed by atoms with Gasteiger partial charge in [0.15, 0.2) is 13.5 Å². The van der Waals surface area contributed by atoms with E-state index < -0.39 is 24.2 Å². The Hall–Kier alpha value is -3.76. The van der Waals surface area contributed by atoms with Crippen LogP contribution in [-0.4, -0.2) is 44.8 Å². The molecular formula is C17H22N4O7. The minimum Gasteiger partial charge on any atom is -0.453 e. The summed E-state index contributed by atoms with van der Waals surface area (Å²) in [7, 11) is 1.26. The number of hydrogen-bond acceptors (Lipinski definition) is 7. The zero-order valence-corrected chi connectivity index (χ0v) is 15.5. The number of anilines is 1. The summed E-state index contributed by atoms with van der Waals surface area (Å²) < 4.78 is 13.9. The van der Waals surface area contributed by atoms with Gasteiger partial charge in [0.1, 0.15) is 0 Å². The molecule has 0 aliphatic heterocycles. The summed E-state index contributed by atoms with van der Waals surface area (Å²) in [5, 5.41) is 9.47. The molecule has 0 saturated heterocycles. The van der Waals surface area contributed by atoms with Crippen LogP contribution in [0.1, 0.15) is 12.5 Å². The van der Waals surface area contributed by atoms with Crippen molar-refractivity contribution in [3.63, 3.8) is 0 Å². The summed E-state index contributed by atoms with van der Waals surface area (Å²) in [6.07, 6.45) is -1.33. The molecule has 0 radical (unpaired) electrons. The molecule has 1 aromatic carbocycles. The highest BCUT2D eigenvalue weighted by Gasteiger charge is 2.06. The van der Waals surface area contributed by atoms with E-state index in [-0.39, 0.29) is 25.6 Å². The molecule has 1 aromatic rings. The molecule has 4 amide bonds. The Morgan fingerprint density at radius 3 is 2.11 bits per heavy atom. The van der Waals surface area contributed by atoms with Crippen molar-refractivity contribution in [3.8, 4) is 0 Å². The van der Waals surface area contributed by atoms with Crippen LogP contribution in [0.15, 0.2) is 36.4 Å². The van der Waals surface area contributed by atoms with Crippen LogP contribution < -0.4 is 21.3 Å². The zero-order chi connectivity index (χ0) is 20.9. The Morgan fingerprint density at radius 2 is 1.54 bits per heavy atom. The number of rotatable bonds is 8. The Balaban J connectivity index is 2.19. The van der Waals surface area contributed by atoms with Gasteiger partial charge in [0, 0.05) is 17.8 Å². The maximum atomic E-state index is 11.6. The molecule has 0 spiro atoms. The maximum absolute atomic E-state index is 11.6. The van der Waals surface area contributed by atoms with Crippen molar-refractivity contribution in [2.75, 3.05) is 25.9 Å². The Labute approximate surface area is 161 Å². The van der Waals surface area contributed by atoms with Crippen LogP contribution in [0.4, 0.5) is 20.1 Å². The van der Waals surface area contributed by atoms with Gasteiger partial charge in [-0.05, 0) is 24.6 Å². The smallest absolute Gasteiger partial charge is 0.411 e. The zero-order valence-electron chi connectivity index (χ0n) is 15.5. The van der Waals surface area contributed by atoms with E-state index in [9.17, 15) is 19.2 Å². The second-order valence-electron chi connectivity index (χ2n) is 5.28. The highest BCUT2D eigenvalue weighted by molar-refractivity contribution is 5.87. The summed E-state index contributed by atoms with van der Waals surface area (Å²) in [5.74, 6) is -0.634. The van der Waals surface area contributed by atoms with Gasteiger partial charge < -0.3 is 30.2 Å². The molecule has 0 unspecified atom stereocenters. The number of urea groups is 1. The quantitative estimate of drug-likeness (QED) is 0.226. The second-order valence-corrected chi connectivity index (χ2v) is 5.28. The van der Waals surface area contributed by atoms with E-state index in [0.717, 1.165) is 5.56 Å². The van der Waals surface area contributed by atoms with Gasteiger partial charge in [-0.3, -0.25) is 5.32 Å². The van der Waals surface area contributed by atoms with Gasteiger partial charge in [-0.15, -0.1) is 0 Å². The molecule has 11 heteroatoms. The van der Waals surface area contributed by atoms with Crippen molar-refractivity contribution in [2.45, 2.75) is 13.5 Å². The predicted molar refractivity (Wildman–Crippen MR) is 98.1 cm³/mol. The first kappa shape index (κ1) is 22.3. The number of alkyl carbamates (subject to hydrolysis) is 1. The fraction of sp³-hybridized carbons (Fsp3) is 0.294. The Bertz CT molecular complexity index is 719. The van der Waals surface area contributed by atoms with Crippen LogP contribution in [0, 0.1) is 0 Å². The van der Waals surface area contributed by atoms with E-state index in [1.165, 1.54) is 14.0 Å². The monoisotopic (exact) mass is 394 g/mol. The van der Waals surface area contributed by atoms with Gasteiger partial charge in [0.05, 0.1) is 7.11 Å². The number of esters is 1. The number of hydrogen-bond donors (Lipinski definition) is 4. The Kier molecular flexibility index (Phi) is 9.37. The molecule has 28 heavy (non-hydrogen) atoms. The average Bonchev–Trinajstić information content (AvgIpc) is 2.67. The predicted octanol–water partition coefficient (Wildman–Crippen LogP) is 1.42. The Morgan fingerprint density at radius 1 is 0.929 bits per heavy atom. The molecule has 0 aromatic heterocycles. The van der Waals surface area contributed by atoms with Crippen molar-refractivity contribution in [3.05, 3.63) is 42.0 Å². The number of carbonyl (C=O) groups is 4. The molecule has 0 atom stereocenters. The van der Waals surface area contributed by atoms with E-state index in [1.807, 2.05) is 0 Å². The van der Waals surface area contributed by atoms with E-state index in [1.54, 1.807) is 24.3 Å². The van der Waals surface area contributed by atoms with Crippen molar-refractivity contribution in [1.82, 2.24) is 16.0 Å². The summed E-state index contributed by atoms with van der Waals surface area (Å²) in [5.41, 5.74) is 1.51. The fourth-order valence-electron chi connectivity index (χ4n) is 1.62. The first-order valence-corrected chi connectivity index (χ1v) is 8.00. The minimum atomic E-state index is -0.745. The van der Waals surface area contributed by atoms with Gasteiger partial charge in [-0.1, -0.05) is 18.7 Å². The molecule has 0 bridgehead atoms. The lowest BCUT2D eigenvalue weighted by molar-refractivity contribution is -0.139. The lowest BCUT2D eigenvalue weighted by Gasteiger charge is -2.10. The summed E-state index contributed by atoms with van der Waals surface area (Å²) >= 11 is 0. The number of methoxy groups -OCH3 is 1. The standard InChI is InChI=1S/C17H22N4O7/c1-11(2)14(22)27-9-19-15(23)20-10-28-16(24)18-8-12-4-6-13(7-5-12)21-17(25)26-3/h4-7H,1,8-10H2,2-3H3,(H,18,24)(H,21,25)(H2,19,20,23). The molecule has 0 heterocycles. The van der Waals surface area contributed by atoms with Crippen LogP contribution in [0.3, 0.4) is 0 Å². The summed E-state index contributed by atoms with van der Waals surface area (Å²) in [4.78, 5) is 45.1. The lowest BCUT2D eigenvalue weighted by atomic mass is 10.2. The van der Waals surface area contributed by atoms with Gasteiger partial charge >= 0.3 is 24.2 Å². The number of amides is 4. The molecule has 1 rings (SSSR count). The summed E-state index contributed by atoms with van der Waals surface area (Å²) in [6, 6.07) is 6.00. The van der Waals surface area contributed by atoms with Crippen molar-refractivity contribution in [2.24, 2.45) is 0 Å².